The first kappa shape index (κ1) is 14.4. The maximum atomic E-state index is 12.5. The van der Waals surface area contributed by atoms with Gasteiger partial charge in [-0.2, -0.15) is 0 Å². The fraction of sp³-hybridized carbons (Fsp3) is 0.0588. The van der Waals surface area contributed by atoms with Crippen LogP contribution in [0.1, 0.15) is 0 Å². The molecule has 1 aromatic heterocycles. The number of aromatic amines is 1. The normalized spacial score (nSPS) is 11.5. The molecule has 0 amide bonds. The lowest BCUT2D eigenvalue weighted by molar-refractivity contribution is 0.415. The minimum atomic E-state index is -3.61. The summed E-state index contributed by atoms with van der Waals surface area (Å²) in [5.41, 5.74) is 2.10. The zero-order chi connectivity index (χ0) is 15.7. The summed E-state index contributed by atoms with van der Waals surface area (Å²) < 4.78 is 30.2. The van der Waals surface area contributed by atoms with Gasteiger partial charge in [0.2, 0.25) is 9.84 Å². The van der Waals surface area contributed by atoms with E-state index < -0.39 is 9.84 Å². The van der Waals surface area contributed by atoms with Crippen molar-refractivity contribution >= 4 is 20.7 Å². The van der Waals surface area contributed by atoms with Gasteiger partial charge in [0, 0.05) is 16.3 Å². The van der Waals surface area contributed by atoms with E-state index in [1.54, 1.807) is 19.2 Å². The molecule has 0 bridgehead atoms. The largest absolute Gasteiger partial charge is 0.497 e. The van der Waals surface area contributed by atoms with E-state index >= 15 is 0 Å². The van der Waals surface area contributed by atoms with Crippen molar-refractivity contribution in [3.8, 4) is 17.0 Å². The van der Waals surface area contributed by atoms with Crippen LogP contribution in [0.25, 0.3) is 22.2 Å². The smallest absolute Gasteiger partial charge is 0.201 e. The van der Waals surface area contributed by atoms with Gasteiger partial charge in [0.1, 0.15) is 10.6 Å². The van der Waals surface area contributed by atoms with Crippen LogP contribution >= 0.6 is 0 Å². The van der Waals surface area contributed by atoms with E-state index in [4.69, 9.17) is 4.74 Å². The first-order chi connectivity index (χ1) is 10.6. The highest BCUT2D eigenvalue weighted by molar-refractivity contribution is 7.94. The second kappa shape index (κ2) is 5.35. The number of H-pyrrole nitrogens is 1. The minimum absolute atomic E-state index is 0.225. The van der Waals surface area contributed by atoms with Crippen molar-refractivity contribution in [2.24, 2.45) is 0 Å². The van der Waals surface area contributed by atoms with Gasteiger partial charge in [-0.1, -0.05) is 36.9 Å². The molecule has 2 aromatic carbocycles. The molecule has 0 spiro atoms. The fourth-order valence-electron chi connectivity index (χ4n) is 2.46. The van der Waals surface area contributed by atoms with Gasteiger partial charge in [0.05, 0.1) is 12.8 Å². The Morgan fingerprint density at radius 2 is 1.86 bits per heavy atom. The fourth-order valence-corrected chi connectivity index (χ4v) is 3.56. The SMILES string of the molecule is C=CS(=O)(=O)c1c(-c2ccccc2)[nH]c2ccc(OC)cc12. The van der Waals surface area contributed by atoms with E-state index in [9.17, 15) is 8.42 Å². The Kier molecular flexibility index (Phi) is 3.50. The predicted molar refractivity (Wildman–Crippen MR) is 87.7 cm³/mol. The average Bonchev–Trinajstić information content (AvgIpc) is 2.94. The summed E-state index contributed by atoms with van der Waals surface area (Å²) in [5, 5.41) is 1.57. The van der Waals surface area contributed by atoms with Gasteiger partial charge in [-0.3, -0.25) is 0 Å². The van der Waals surface area contributed by atoms with Crippen LogP contribution in [0.2, 0.25) is 0 Å². The zero-order valence-corrected chi connectivity index (χ0v) is 12.9. The molecule has 0 aliphatic carbocycles. The molecule has 0 radical (unpaired) electrons. The summed E-state index contributed by atoms with van der Waals surface area (Å²) in [6, 6.07) is 14.7. The van der Waals surface area contributed by atoms with Gasteiger partial charge in [0.15, 0.2) is 0 Å². The number of benzene rings is 2. The molecule has 0 saturated heterocycles. The van der Waals surface area contributed by atoms with Crippen LogP contribution in [-0.4, -0.2) is 20.5 Å². The third-order valence-electron chi connectivity index (χ3n) is 3.52. The molecule has 1 heterocycles. The molecule has 0 atom stereocenters. The van der Waals surface area contributed by atoms with Crippen LogP contribution in [-0.2, 0) is 9.84 Å². The highest BCUT2D eigenvalue weighted by Gasteiger charge is 2.23. The van der Waals surface area contributed by atoms with E-state index in [2.05, 4.69) is 11.6 Å². The van der Waals surface area contributed by atoms with E-state index in [1.165, 1.54) is 0 Å². The summed E-state index contributed by atoms with van der Waals surface area (Å²) in [7, 11) is -2.06. The average molecular weight is 313 g/mol. The molecule has 5 heteroatoms. The summed E-state index contributed by atoms with van der Waals surface area (Å²) in [5.74, 6) is 0.603. The number of fused-ring (bicyclic) bond motifs is 1. The summed E-state index contributed by atoms with van der Waals surface area (Å²) >= 11 is 0. The van der Waals surface area contributed by atoms with Crippen molar-refractivity contribution in [2.75, 3.05) is 7.11 Å². The van der Waals surface area contributed by atoms with Crippen LogP contribution in [0.3, 0.4) is 0 Å². The second-order valence-electron chi connectivity index (χ2n) is 4.82. The Balaban J connectivity index is 2.42. The number of rotatable bonds is 4. The van der Waals surface area contributed by atoms with Crippen molar-refractivity contribution in [3.05, 3.63) is 60.5 Å². The number of methoxy groups -OCH3 is 1. The van der Waals surface area contributed by atoms with E-state index in [0.717, 1.165) is 16.5 Å². The van der Waals surface area contributed by atoms with Crippen molar-refractivity contribution in [3.63, 3.8) is 0 Å². The number of nitrogens with one attached hydrogen (secondary N) is 1. The standard InChI is InChI=1S/C17H15NO3S/c1-3-22(19,20)17-14-11-13(21-2)9-10-15(14)18-16(17)12-7-5-4-6-8-12/h3-11,18H,1H2,2H3. The van der Waals surface area contributed by atoms with E-state index in [1.807, 2.05) is 36.4 Å². The van der Waals surface area contributed by atoms with Crippen molar-refractivity contribution < 1.29 is 13.2 Å². The van der Waals surface area contributed by atoms with Crippen LogP contribution in [0.4, 0.5) is 0 Å². The highest BCUT2D eigenvalue weighted by atomic mass is 32.2. The van der Waals surface area contributed by atoms with E-state index in [-0.39, 0.29) is 4.90 Å². The van der Waals surface area contributed by atoms with Crippen molar-refractivity contribution in [2.45, 2.75) is 4.90 Å². The maximum absolute atomic E-state index is 12.5. The number of hydrogen-bond donors (Lipinski definition) is 1. The first-order valence-corrected chi connectivity index (χ1v) is 8.24. The highest BCUT2D eigenvalue weighted by Crippen LogP contribution is 2.36. The van der Waals surface area contributed by atoms with E-state index in [0.29, 0.717) is 16.8 Å². The van der Waals surface area contributed by atoms with Crippen LogP contribution in [0.5, 0.6) is 5.75 Å². The lowest BCUT2D eigenvalue weighted by atomic mass is 10.1. The molecule has 0 unspecified atom stereocenters. The lowest BCUT2D eigenvalue weighted by Crippen LogP contribution is -1.97. The third-order valence-corrected chi connectivity index (χ3v) is 4.96. The summed E-state index contributed by atoms with van der Waals surface area (Å²) in [6.45, 7) is 3.44. The minimum Gasteiger partial charge on any atom is -0.497 e. The Hall–Kier alpha value is -2.53. The Bertz CT molecular complexity index is 941. The molecule has 22 heavy (non-hydrogen) atoms. The topological polar surface area (TPSA) is 59.2 Å². The number of sulfone groups is 1. The molecule has 112 valence electrons. The molecule has 0 aliphatic heterocycles. The molecule has 3 aromatic rings. The molecule has 0 saturated carbocycles. The van der Waals surface area contributed by atoms with Crippen molar-refractivity contribution in [1.29, 1.82) is 0 Å². The molecule has 4 nitrogen and oxygen atoms in total. The molecule has 1 N–H and O–H groups in total. The summed E-state index contributed by atoms with van der Waals surface area (Å²) in [6.07, 6.45) is 0. The Labute approximate surface area is 129 Å². The van der Waals surface area contributed by atoms with Gasteiger partial charge in [-0.25, -0.2) is 8.42 Å². The second-order valence-corrected chi connectivity index (χ2v) is 6.65. The molecule has 0 aliphatic rings. The first-order valence-electron chi connectivity index (χ1n) is 6.69. The van der Waals surface area contributed by atoms with Gasteiger partial charge < -0.3 is 9.72 Å². The van der Waals surface area contributed by atoms with Crippen LogP contribution in [0, 0.1) is 0 Å². The Morgan fingerprint density at radius 1 is 1.14 bits per heavy atom. The van der Waals surface area contributed by atoms with Gasteiger partial charge >= 0.3 is 0 Å². The predicted octanol–water partition coefficient (Wildman–Crippen LogP) is 3.76. The maximum Gasteiger partial charge on any atom is 0.201 e. The van der Waals surface area contributed by atoms with Crippen LogP contribution in [0.15, 0.2) is 65.4 Å². The molecular formula is C17H15NO3S. The third kappa shape index (κ3) is 2.29. The zero-order valence-electron chi connectivity index (χ0n) is 12.0. The molecular weight excluding hydrogens is 298 g/mol. The Morgan fingerprint density at radius 3 is 2.50 bits per heavy atom. The lowest BCUT2D eigenvalue weighted by Gasteiger charge is -2.04. The van der Waals surface area contributed by atoms with Crippen LogP contribution < -0.4 is 4.74 Å². The van der Waals surface area contributed by atoms with Gasteiger partial charge in [-0.05, 0) is 23.8 Å². The number of hydrogen-bond acceptors (Lipinski definition) is 3. The van der Waals surface area contributed by atoms with Crippen molar-refractivity contribution in [1.82, 2.24) is 4.98 Å². The molecule has 0 fully saturated rings. The number of ether oxygens (including phenoxy) is 1. The summed E-state index contributed by atoms with van der Waals surface area (Å²) in [4.78, 5) is 3.41. The molecule has 3 rings (SSSR count). The van der Waals surface area contributed by atoms with Gasteiger partial charge in [0.25, 0.3) is 0 Å². The van der Waals surface area contributed by atoms with Gasteiger partial charge in [-0.15, -0.1) is 0 Å². The quantitative estimate of drug-likeness (QED) is 0.798. The number of aromatic nitrogens is 1. The monoisotopic (exact) mass is 313 g/mol.